The average Bonchev–Trinajstić information content (AvgIpc) is 2.84. The van der Waals surface area contributed by atoms with Crippen molar-refractivity contribution in [2.75, 3.05) is 7.05 Å². The zero-order chi connectivity index (χ0) is 15.0. The summed E-state index contributed by atoms with van der Waals surface area (Å²) in [6.45, 7) is 3.75. The number of nitrogens with one attached hydrogen (secondary N) is 1. The normalized spacial score (nSPS) is 21.5. The first-order valence-corrected chi connectivity index (χ1v) is 7.48. The molecule has 2 aromatic rings. The van der Waals surface area contributed by atoms with Crippen LogP contribution in [0.2, 0.25) is 0 Å². The van der Waals surface area contributed by atoms with E-state index >= 15 is 0 Å². The number of ketones is 1. The number of benzene rings is 1. The predicted octanol–water partition coefficient (Wildman–Crippen LogP) is 3.40. The van der Waals surface area contributed by atoms with Crippen molar-refractivity contribution in [3.8, 4) is 5.75 Å². The van der Waals surface area contributed by atoms with Crippen molar-refractivity contribution in [2.45, 2.75) is 38.8 Å². The monoisotopic (exact) mass is 287 g/mol. The molecular formula is C17H21NO3. The molecule has 0 unspecified atom stereocenters. The minimum Gasteiger partial charge on any atom is -0.490 e. The van der Waals surface area contributed by atoms with Gasteiger partial charge in [0.25, 0.3) is 0 Å². The number of furan rings is 1. The molecule has 1 aromatic carbocycles. The van der Waals surface area contributed by atoms with Gasteiger partial charge in [-0.15, -0.1) is 0 Å². The number of rotatable bonds is 5. The average molecular weight is 287 g/mol. The Kier molecular flexibility index (Phi) is 3.72. The van der Waals surface area contributed by atoms with Crippen LogP contribution in [0.5, 0.6) is 5.75 Å². The molecule has 4 nitrogen and oxygen atoms in total. The molecule has 1 aliphatic carbocycles. The smallest absolute Gasteiger partial charge is 0.200 e. The zero-order valence-electron chi connectivity index (χ0n) is 12.7. The van der Waals surface area contributed by atoms with Crippen LogP contribution in [-0.4, -0.2) is 25.0 Å². The van der Waals surface area contributed by atoms with Crippen LogP contribution < -0.4 is 10.1 Å². The molecule has 1 heterocycles. The third-order valence-electron chi connectivity index (χ3n) is 4.06. The maximum Gasteiger partial charge on any atom is 0.200 e. The third-order valence-corrected chi connectivity index (χ3v) is 4.06. The largest absolute Gasteiger partial charge is 0.490 e. The minimum absolute atomic E-state index is 0.0320. The molecule has 1 saturated carbocycles. The Morgan fingerprint density at radius 3 is 2.76 bits per heavy atom. The standard InChI is InChI=1S/C17H21NO3/c1-10(2)17(19)16-6-11-4-5-13(9-15(11)21-16)20-14-7-12(8-14)18-3/h4-6,9-10,12,14,18H,7-8H2,1-3H3/t12-,14+. The number of carbonyl (C=O) groups is 1. The molecule has 0 bridgehead atoms. The first-order valence-electron chi connectivity index (χ1n) is 7.48. The zero-order valence-corrected chi connectivity index (χ0v) is 12.7. The highest BCUT2D eigenvalue weighted by molar-refractivity contribution is 5.98. The van der Waals surface area contributed by atoms with E-state index in [1.807, 2.05) is 45.2 Å². The fourth-order valence-corrected chi connectivity index (χ4v) is 2.58. The lowest BCUT2D eigenvalue weighted by Crippen LogP contribution is -2.45. The molecule has 112 valence electrons. The summed E-state index contributed by atoms with van der Waals surface area (Å²) in [6, 6.07) is 8.13. The van der Waals surface area contributed by atoms with Gasteiger partial charge >= 0.3 is 0 Å². The summed E-state index contributed by atoms with van der Waals surface area (Å²) in [5.41, 5.74) is 0.709. The van der Waals surface area contributed by atoms with Crippen LogP contribution in [0.25, 0.3) is 11.0 Å². The van der Waals surface area contributed by atoms with E-state index < -0.39 is 0 Å². The van der Waals surface area contributed by atoms with Crippen molar-refractivity contribution in [2.24, 2.45) is 5.92 Å². The Labute approximate surface area is 124 Å². The molecule has 1 fully saturated rings. The van der Waals surface area contributed by atoms with E-state index in [2.05, 4.69) is 5.32 Å². The number of Topliss-reactive ketones (excluding diaryl/α,β-unsaturated/α-hetero) is 1. The lowest BCUT2D eigenvalue weighted by molar-refractivity contribution is 0.0883. The molecular weight excluding hydrogens is 266 g/mol. The Balaban J connectivity index is 1.76. The second-order valence-electron chi connectivity index (χ2n) is 6.03. The third kappa shape index (κ3) is 2.81. The molecule has 0 amide bonds. The van der Waals surface area contributed by atoms with Crippen LogP contribution in [0.3, 0.4) is 0 Å². The van der Waals surface area contributed by atoms with E-state index in [0.29, 0.717) is 17.4 Å². The van der Waals surface area contributed by atoms with Gasteiger partial charge in [0.15, 0.2) is 5.76 Å². The molecule has 0 spiro atoms. The molecule has 1 aliphatic rings. The van der Waals surface area contributed by atoms with Crippen LogP contribution in [-0.2, 0) is 0 Å². The molecule has 4 heteroatoms. The summed E-state index contributed by atoms with van der Waals surface area (Å²) in [6.07, 6.45) is 2.33. The molecule has 3 rings (SSSR count). The Hall–Kier alpha value is -1.81. The minimum atomic E-state index is -0.0604. The van der Waals surface area contributed by atoms with Gasteiger partial charge in [-0.2, -0.15) is 0 Å². The topological polar surface area (TPSA) is 51.5 Å². The molecule has 0 atom stereocenters. The SMILES string of the molecule is CN[C@H]1C[C@@H](Oc2ccc3cc(C(=O)C(C)C)oc3c2)C1. The van der Waals surface area contributed by atoms with Crippen molar-refractivity contribution >= 4 is 16.8 Å². The first-order chi connectivity index (χ1) is 10.1. The van der Waals surface area contributed by atoms with Crippen LogP contribution in [0.1, 0.15) is 37.2 Å². The first kappa shape index (κ1) is 14.1. The molecule has 21 heavy (non-hydrogen) atoms. The number of hydrogen-bond donors (Lipinski definition) is 1. The lowest BCUT2D eigenvalue weighted by atomic mass is 9.89. The van der Waals surface area contributed by atoms with Gasteiger partial charge in [0.1, 0.15) is 17.4 Å². The summed E-state index contributed by atoms with van der Waals surface area (Å²) in [7, 11) is 1.98. The number of hydrogen-bond acceptors (Lipinski definition) is 4. The maximum absolute atomic E-state index is 12.0. The molecule has 0 radical (unpaired) electrons. The van der Waals surface area contributed by atoms with E-state index in [9.17, 15) is 4.79 Å². The van der Waals surface area contributed by atoms with E-state index in [1.165, 1.54) is 0 Å². The van der Waals surface area contributed by atoms with Crippen LogP contribution in [0.15, 0.2) is 28.7 Å². The van der Waals surface area contributed by atoms with Crippen molar-refractivity contribution in [1.82, 2.24) is 5.32 Å². The van der Waals surface area contributed by atoms with Gasteiger partial charge in [-0.05, 0) is 38.1 Å². The quantitative estimate of drug-likeness (QED) is 0.856. The highest BCUT2D eigenvalue weighted by Crippen LogP contribution is 2.29. The summed E-state index contributed by atoms with van der Waals surface area (Å²) in [5.74, 6) is 1.20. The highest BCUT2D eigenvalue weighted by Gasteiger charge is 2.29. The van der Waals surface area contributed by atoms with Crippen molar-refractivity contribution in [3.05, 3.63) is 30.0 Å². The fraction of sp³-hybridized carbons (Fsp3) is 0.471. The van der Waals surface area contributed by atoms with Crippen LogP contribution in [0, 0.1) is 5.92 Å². The molecule has 1 aromatic heterocycles. The van der Waals surface area contributed by atoms with E-state index in [0.717, 1.165) is 24.0 Å². The molecule has 0 saturated heterocycles. The number of fused-ring (bicyclic) bond motifs is 1. The fourth-order valence-electron chi connectivity index (χ4n) is 2.58. The second-order valence-corrected chi connectivity index (χ2v) is 6.03. The van der Waals surface area contributed by atoms with Gasteiger partial charge in [0.05, 0.1) is 0 Å². The summed E-state index contributed by atoms with van der Waals surface area (Å²) in [4.78, 5) is 12.0. The van der Waals surface area contributed by atoms with Gasteiger partial charge in [-0.3, -0.25) is 4.79 Å². The predicted molar refractivity (Wildman–Crippen MR) is 81.9 cm³/mol. The van der Waals surface area contributed by atoms with Gasteiger partial charge in [0, 0.05) is 23.4 Å². The van der Waals surface area contributed by atoms with Crippen molar-refractivity contribution < 1.29 is 13.9 Å². The van der Waals surface area contributed by atoms with Crippen LogP contribution in [0.4, 0.5) is 0 Å². The molecule has 1 N–H and O–H groups in total. The van der Waals surface area contributed by atoms with Gasteiger partial charge < -0.3 is 14.5 Å². The Morgan fingerprint density at radius 2 is 2.10 bits per heavy atom. The lowest BCUT2D eigenvalue weighted by Gasteiger charge is -2.35. The van der Waals surface area contributed by atoms with E-state index in [1.54, 1.807) is 0 Å². The van der Waals surface area contributed by atoms with Crippen LogP contribution >= 0.6 is 0 Å². The summed E-state index contributed by atoms with van der Waals surface area (Å²) in [5, 5.41) is 4.18. The van der Waals surface area contributed by atoms with Gasteiger partial charge in [-0.25, -0.2) is 0 Å². The Bertz CT molecular complexity index is 653. The molecule has 0 aliphatic heterocycles. The van der Waals surface area contributed by atoms with E-state index in [4.69, 9.17) is 9.15 Å². The highest BCUT2D eigenvalue weighted by atomic mass is 16.5. The van der Waals surface area contributed by atoms with Crippen molar-refractivity contribution in [1.29, 1.82) is 0 Å². The van der Waals surface area contributed by atoms with Gasteiger partial charge in [0.2, 0.25) is 5.78 Å². The van der Waals surface area contributed by atoms with Crippen molar-refractivity contribution in [3.63, 3.8) is 0 Å². The number of carbonyl (C=O) groups excluding carboxylic acids is 1. The van der Waals surface area contributed by atoms with E-state index in [-0.39, 0.29) is 17.8 Å². The van der Waals surface area contributed by atoms with Gasteiger partial charge in [-0.1, -0.05) is 13.8 Å². The Morgan fingerprint density at radius 1 is 1.33 bits per heavy atom. The number of ether oxygens (including phenoxy) is 1. The maximum atomic E-state index is 12.0. The second kappa shape index (κ2) is 5.53. The summed E-state index contributed by atoms with van der Waals surface area (Å²) < 4.78 is 11.6. The summed E-state index contributed by atoms with van der Waals surface area (Å²) >= 11 is 0.